The molecule has 0 aliphatic rings. The van der Waals surface area contributed by atoms with Gasteiger partial charge in [0, 0.05) is 18.3 Å². The van der Waals surface area contributed by atoms with Crippen LogP contribution in [0.15, 0.2) is 48.5 Å². The minimum absolute atomic E-state index is 0.0555. The van der Waals surface area contributed by atoms with Gasteiger partial charge in [0.25, 0.3) is 0 Å². The zero-order chi connectivity index (χ0) is 22.8. The average molecular weight is 481 g/mol. The lowest BCUT2D eigenvalue weighted by atomic mass is 10.1. The quantitative estimate of drug-likeness (QED) is 0.432. The molecule has 0 saturated heterocycles. The van der Waals surface area contributed by atoms with Crippen molar-refractivity contribution in [3.8, 4) is 0 Å². The number of nitrogens with one attached hydrogen (secondary N) is 1. The highest BCUT2D eigenvalue weighted by atomic mass is 35.5. The Labute approximate surface area is 199 Å². The average Bonchev–Trinajstić information content (AvgIpc) is 2.76. The summed E-state index contributed by atoms with van der Waals surface area (Å²) in [6.07, 6.45) is 1.40. The number of rotatable bonds is 11. The minimum atomic E-state index is -0.507. The van der Waals surface area contributed by atoms with Gasteiger partial charge in [-0.2, -0.15) is 0 Å². The SMILES string of the molecule is CC[C@@H](C)NC(=O)[C@H](CC)N(Cc1ccccc1)C(=O)CSCc1ccc(Cl)c(Cl)c1. The minimum Gasteiger partial charge on any atom is -0.352 e. The Bertz CT molecular complexity index is 864. The zero-order valence-electron chi connectivity index (χ0n) is 18.2. The van der Waals surface area contributed by atoms with Gasteiger partial charge in [0.15, 0.2) is 0 Å². The van der Waals surface area contributed by atoms with Gasteiger partial charge < -0.3 is 10.2 Å². The first-order valence-corrected chi connectivity index (χ1v) is 12.4. The summed E-state index contributed by atoms with van der Waals surface area (Å²) in [6, 6.07) is 14.8. The van der Waals surface area contributed by atoms with Gasteiger partial charge in [-0.1, -0.05) is 73.4 Å². The third-order valence-corrected chi connectivity index (χ3v) is 6.79. The molecule has 1 N–H and O–H groups in total. The number of nitrogens with zero attached hydrogens (tertiary/aromatic N) is 1. The second kappa shape index (κ2) is 13.0. The molecule has 4 nitrogen and oxygen atoms in total. The maximum atomic E-state index is 13.2. The smallest absolute Gasteiger partial charge is 0.243 e. The number of hydrogen-bond donors (Lipinski definition) is 1. The van der Waals surface area contributed by atoms with Crippen molar-refractivity contribution >= 4 is 46.8 Å². The van der Waals surface area contributed by atoms with Gasteiger partial charge in [0.2, 0.25) is 11.8 Å². The summed E-state index contributed by atoms with van der Waals surface area (Å²) in [5, 5.41) is 4.05. The molecule has 0 unspecified atom stereocenters. The molecule has 0 aliphatic heterocycles. The first-order valence-electron chi connectivity index (χ1n) is 10.5. The Morgan fingerprint density at radius 2 is 1.71 bits per heavy atom. The second-order valence-corrected chi connectivity index (χ2v) is 9.29. The van der Waals surface area contributed by atoms with Crippen LogP contribution in [0.3, 0.4) is 0 Å². The normalized spacial score (nSPS) is 12.8. The molecular formula is C24H30Cl2N2O2S. The summed E-state index contributed by atoms with van der Waals surface area (Å²) in [5.41, 5.74) is 2.00. The van der Waals surface area contributed by atoms with Crippen molar-refractivity contribution in [3.63, 3.8) is 0 Å². The molecule has 2 rings (SSSR count). The fourth-order valence-electron chi connectivity index (χ4n) is 3.11. The summed E-state index contributed by atoms with van der Waals surface area (Å²) in [7, 11) is 0. The van der Waals surface area contributed by atoms with E-state index in [1.165, 1.54) is 11.8 Å². The van der Waals surface area contributed by atoms with E-state index in [2.05, 4.69) is 5.32 Å². The van der Waals surface area contributed by atoms with Crippen LogP contribution in [0.25, 0.3) is 0 Å². The standard InChI is InChI=1S/C24H30Cl2N2O2S/c1-4-17(3)27-24(30)22(5-2)28(14-18-9-7-6-8-10-18)23(29)16-31-15-19-11-12-20(25)21(26)13-19/h6-13,17,22H,4-5,14-16H2,1-3H3,(H,27,30)/t17-,22+/m1/s1. The lowest BCUT2D eigenvalue weighted by Crippen LogP contribution is -2.51. The van der Waals surface area contributed by atoms with Crippen molar-refractivity contribution in [3.05, 3.63) is 69.7 Å². The summed E-state index contributed by atoms with van der Waals surface area (Å²) >= 11 is 13.6. The van der Waals surface area contributed by atoms with E-state index in [4.69, 9.17) is 23.2 Å². The Kier molecular flexibility index (Phi) is 10.7. The van der Waals surface area contributed by atoms with Crippen LogP contribution in [0.5, 0.6) is 0 Å². The Balaban J connectivity index is 2.10. The van der Waals surface area contributed by atoms with Gasteiger partial charge >= 0.3 is 0 Å². The molecule has 0 radical (unpaired) electrons. The van der Waals surface area contributed by atoms with Crippen molar-refractivity contribution in [2.24, 2.45) is 0 Å². The molecule has 2 aromatic carbocycles. The molecule has 0 spiro atoms. The number of thioether (sulfide) groups is 1. The van der Waals surface area contributed by atoms with Crippen molar-refractivity contribution in [2.75, 3.05) is 5.75 Å². The van der Waals surface area contributed by atoms with Crippen molar-refractivity contribution < 1.29 is 9.59 Å². The van der Waals surface area contributed by atoms with Gasteiger partial charge in [0.05, 0.1) is 15.8 Å². The van der Waals surface area contributed by atoms with Crippen LogP contribution in [0, 0.1) is 0 Å². The highest BCUT2D eigenvalue weighted by Gasteiger charge is 2.29. The molecule has 2 aromatic rings. The highest BCUT2D eigenvalue weighted by Crippen LogP contribution is 2.25. The van der Waals surface area contributed by atoms with Gasteiger partial charge in [0.1, 0.15) is 6.04 Å². The molecular weight excluding hydrogens is 451 g/mol. The topological polar surface area (TPSA) is 49.4 Å². The third-order valence-electron chi connectivity index (χ3n) is 5.06. The molecule has 0 fully saturated rings. The molecule has 2 atom stereocenters. The van der Waals surface area contributed by atoms with Crippen LogP contribution in [-0.2, 0) is 21.9 Å². The second-order valence-electron chi connectivity index (χ2n) is 7.49. The maximum Gasteiger partial charge on any atom is 0.243 e. The molecule has 0 aliphatic carbocycles. The fraction of sp³-hybridized carbons (Fsp3) is 0.417. The van der Waals surface area contributed by atoms with Gasteiger partial charge in [-0.15, -0.1) is 11.8 Å². The van der Waals surface area contributed by atoms with Crippen LogP contribution in [0.4, 0.5) is 0 Å². The van der Waals surface area contributed by atoms with E-state index in [-0.39, 0.29) is 23.6 Å². The third kappa shape index (κ3) is 8.06. The molecule has 0 heterocycles. The number of halogens is 2. The molecule has 31 heavy (non-hydrogen) atoms. The van der Waals surface area contributed by atoms with E-state index in [1.807, 2.05) is 63.2 Å². The van der Waals surface area contributed by atoms with Crippen molar-refractivity contribution in [2.45, 2.75) is 58.0 Å². The number of carbonyl (C=O) groups is 2. The predicted molar refractivity (Wildman–Crippen MR) is 132 cm³/mol. The van der Waals surface area contributed by atoms with Crippen LogP contribution in [0.1, 0.15) is 44.7 Å². The lowest BCUT2D eigenvalue weighted by Gasteiger charge is -2.31. The molecule has 0 bridgehead atoms. The first-order chi connectivity index (χ1) is 14.8. The maximum absolute atomic E-state index is 13.2. The highest BCUT2D eigenvalue weighted by molar-refractivity contribution is 7.99. The van der Waals surface area contributed by atoms with Gasteiger partial charge in [-0.05, 0) is 43.0 Å². The Morgan fingerprint density at radius 1 is 1.00 bits per heavy atom. The summed E-state index contributed by atoms with van der Waals surface area (Å²) in [5.74, 6) is 0.758. The zero-order valence-corrected chi connectivity index (χ0v) is 20.6. The van der Waals surface area contributed by atoms with E-state index in [1.54, 1.807) is 11.0 Å². The van der Waals surface area contributed by atoms with Crippen molar-refractivity contribution in [1.82, 2.24) is 10.2 Å². The van der Waals surface area contributed by atoms with Gasteiger partial charge in [-0.25, -0.2) is 0 Å². The van der Waals surface area contributed by atoms with E-state index >= 15 is 0 Å². The molecule has 0 aromatic heterocycles. The summed E-state index contributed by atoms with van der Waals surface area (Å²) in [4.78, 5) is 27.8. The molecule has 168 valence electrons. The predicted octanol–water partition coefficient (Wildman–Crippen LogP) is 5.95. The van der Waals surface area contributed by atoms with Crippen molar-refractivity contribution in [1.29, 1.82) is 0 Å². The number of hydrogen-bond acceptors (Lipinski definition) is 3. The van der Waals surface area contributed by atoms with Gasteiger partial charge in [-0.3, -0.25) is 9.59 Å². The number of benzene rings is 2. The van der Waals surface area contributed by atoms with Crippen LogP contribution >= 0.6 is 35.0 Å². The van der Waals surface area contributed by atoms with Crippen LogP contribution in [-0.4, -0.2) is 34.6 Å². The molecule has 2 amide bonds. The Morgan fingerprint density at radius 3 is 2.32 bits per heavy atom. The lowest BCUT2D eigenvalue weighted by molar-refractivity contribution is -0.139. The van der Waals surface area contributed by atoms with E-state index in [0.717, 1.165) is 17.5 Å². The van der Waals surface area contributed by atoms with E-state index in [9.17, 15) is 9.59 Å². The Hall–Kier alpha value is -1.69. The van der Waals surface area contributed by atoms with E-state index < -0.39 is 6.04 Å². The monoisotopic (exact) mass is 480 g/mol. The number of carbonyl (C=O) groups excluding carboxylic acids is 2. The largest absolute Gasteiger partial charge is 0.352 e. The molecule has 0 saturated carbocycles. The summed E-state index contributed by atoms with van der Waals surface area (Å²) < 4.78 is 0. The first kappa shape index (κ1) is 25.6. The van der Waals surface area contributed by atoms with Crippen LogP contribution in [0.2, 0.25) is 10.0 Å². The molecule has 7 heteroatoms. The number of amides is 2. The van der Waals surface area contributed by atoms with Crippen LogP contribution < -0.4 is 5.32 Å². The summed E-state index contributed by atoms with van der Waals surface area (Å²) in [6.45, 7) is 6.34. The fourth-order valence-corrected chi connectivity index (χ4v) is 4.29. The van der Waals surface area contributed by atoms with E-state index in [0.29, 0.717) is 28.8 Å².